The maximum Gasteiger partial charge on any atom is 0.255 e. The molecule has 2 heterocycles. The zero-order valence-corrected chi connectivity index (χ0v) is 16.1. The summed E-state index contributed by atoms with van der Waals surface area (Å²) < 4.78 is 28.9. The lowest BCUT2D eigenvalue weighted by molar-refractivity contribution is -0.119. The van der Waals surface area contributed by atoms with E-state index in [1.54, 1.807) is 34.1 Å². The lowest BCUT2D eigenvalue weighted by atomic mass is 10.1. The summed E-state index contributed by atoms with van der Waals surface area (Å²) in [5, 5.41) is 2.55. The summed E-state index contributed by atoms with van der Waals surface area (Å²) in [4.78, 5) is 27.9. The Kier molecular flexibility index (Phi) is 5.47. The molecule has 7 heteroatoms. The molecular formula is C22H23F2N3O2. The van der Waals surface area contributed by atoms with E-state index in [1.807, 2.05) is 0 Å². The van der Waals surface area contributed by atoms with Crippen LogP contribution in [0, 0.1) is 11.6 Å². The molecule has 2 fully saturated rings. The van der Waals surface area contributed by atoms with E-state index < -0.39 is 17.5 Å². The van der Waals surface area contributed by atoms with Crippen LogP contribution in [0.1, 0.15) is 42.5 Å². The zero-order chi connectivity index (χ0) is 20.4. The number of rotatable bonds is 4. The van der Waals surface area contributed by atoms with Crippen LogP contribution < -0.4 is 15.1 Å². The second kappa shape index (κ2) is 8.19. The maximum absolute atomic E-state index is 14.4. The number of carbonyl (C=O) groups is 2. The van der Waals surface area contributed by atoms with E-state index in [9.17, 15) is 18.4 Å². The predicted molar refractivity (Wildman–Crippen MR) is 108 cm³/mol. The number of nitrogens with one attached hydrogen (secondary N) is 1. The maximum atomic E-state index is 14.4. The number of anilines is 3. The summed E-state index contributed by atoms with van der Waals surface area (Å²) in [6.07, 6.45) is 4.22. The van der Waals surface area contributed by atoms with Crippen molar-refractivity contribution in [2.24, 2.45) is 0 Å². The SMILES string of the molecule is O=C(Nc1cc(F)c(N2CCCC2)c(F)c1)c1ccc(N2CCCCC2=O)cc1. The fraction of sp³-hybridized carbons (Fsp3) is 0.364. The van der Waals surface area contributed by atoms with Crippen molar-refractivity contribution in [3.63, 3.8) is 0 Å². The van der Waals surface area contributed by atoms with Gasteiger partial charge < -0.3 is 15.1 Å². The third-order valence-corrected chi connectivity index (χ3v) is 5.46. The van der Waals surface area contributed by atoms with E-state index >= 15 is 0 Å². The average molecular weight is 399 g/mol. The van der Waals surface area contributed by atoms with Crippen LogP contribution in [0.4, 0.5) is 25.8 Å². The summed E-state index contributed by atoms with van der Waals surface area (Å²) in [7, 11) is 0. The van der Waals surface area contributed by atoms with Gasteiger partial charge in [0.05, 0.1) is 0 Å². The first-order chi connectivity index (χ1) is 14.0. The van der Waals surface area contributed by atoms with Gasteiger partial charge in [-0.2, -0.15) is 0 Å². The summed E-state index contributed by atoms with van der Waals surface area (Å²) in [5.41, 5.74) is 1.14. The second-order valence-corrected chi connectivity index (χ2v) is 7.49. The third kappa shape index (κ3) is 4.09. The Bertz CT molecular complexity index is 901. The van der Waals surface area contributed by atoms with Crippen LogP contribution in [0.25, 0.3) is 0 Å². The van der Waals surface area contributed by atoms with Crippen molar-refractivity contribution in [3.8, 4) is 0 Å². The van der Waals surface area contributed by atoms with Gasteiger partial charge in [0.1, 0.15) is 5.69 Å². The summed E-state index contributed by atoms with van der Waals surface area (Å²) >= 11 is 0. The van der Waals surface area contributed by atoms with Crippen molar-refractivity contribution in [2.45, 2.75) is 32.1 Å². The molecule has 0 aromatic heterocycles. The molecule has 2 saturated heterocycles. The van der Waals surface area contributed by atoms with Gasteiger partial charge in [0.2, 0.25) is 5.91 Å². The molecule has 2 aromatic carbocycles. The Morgan fingerprint density at radius 3 is 2.14 bits per heavy atom. The van der Waals surface area contributed by atoms with Crippen molar-refractivity contribution >= 4 is 28.9 Å². The summed E-state index contributed by atoms with van der Waals surface area (Å²) in [5.74, 6) is -1.74. The van der Waals surface area contributed by atoms with Crippen molar-refractivity contribution in [1.82, 2.24) is 0 Å². The van der Waals surface area contributed by atoms with Gasteiger partial charge in [-0.25, -0.2) is 8.78 Å². The van der Waals surface area contributed by atoms with E-state index in [1.165, 1.54) is 0 Å². The van der Waals surface area contributed by atoms with Crippen molar-refractivity contribution in [3.05, 3.63) is 53.6 Å². The Labute approximate surface area is 168 Å². The Morgan fingerprint density at radius 1 is 0.897 bits per heavy atom. The fourth-order valence-corrected chi connectivity index (χ4v) is 3.96. The Morgan fingerprint density at radius 2 is 1.52 bits per heavy atom. The van der Waals surface area contributed by atoms with E-state index in [-0.39, 0.29) is 17.3 Å². The number of halogens is 2. The standard InChI is InChI=1S/C22H23F2N3O2/c23-18-13-16(14-19(24)21(18)26-10-3-4-11-26)25-22(29)15-6-8-17(9-7-15)27-12-2-1-5-20(27)28/h6-9,13-14H,1-5,10-12H2,(H,25,29). The molecule has 0 saturated carbocycles. The minimum atomic E-state index is -0.679. The van der Waals surface area contributed by atoms with Crippen LogP contribution in [-0.4, -0.2) is 31.4 Å². The minimum Gasteiger partial charge on any atom is -0.367 e. The highest BCUT2D eigenvalue weighted by Gasteiger charge is 2.22. The number of hydrogen-bond donors (Lipinski definition) is 1. The van der Waals surface area contributed by atoms with E-state index in [0.717, 1.165) is 43.5 Å². The number of carbonyl (C=O) groups excluding carboxylic acids is 2. The van der Waals surface area contributed by atoms with Crippen molar-refractivity contribution in [2.75, 3.05) is 34.8 Å². The Hall–Kier alpha value is -2.96. The number of hydrogen-bond acceptors (Lipinski definition) is 3. The van der Waals surface area contributed by atoms with Gasteiger partial charge in [-0.05, 0) is 62.1 Å². The molecule has 0 unspecified atom stereocenters. The molecule has 2 aliphatic rings. The highest BCUT2D eigenvalue weighted by molar-refractivity contribution is 6.05. The van der Waals surface area contributed by atoms with Crippen molar-refractivity contribution < 1.29 is 18.4 Å². The van der Waals surface area contributed by atoms with Crippen LogP contribution in [0.15, 0.2) is 36.4 Å². The first-order valence-corrected chi connectivity index (χ1v) is 9.99. The quantitative estimate of drug-likeness (QED) is 0.832. The normalized spacial score (nSPS) is 17.0. The lowest BCUT2D eigenvalue weighted by Gasteiger charge is -2.26. The Balaban J connectivity index is 1.47. The number of amides is 2. The largest absolute Gasteiger partial charge is 0.367 e. The molecule has 2 aromatic rings. The van der Waals surface area contributed by atoms with Gasteiger partial charge in [0.25, 0.3) is 5.91 Å². The first kappa shape index (κ1) is 19.4. The van der Waals surface area contributed by atoms with Crippen LogP contribution >= 0.6 is 0 Å². The average Bonchev–Trinajstić information content (AvgIpc) is 3.22. The smallest absolute Gasteiger partial charge is 0.255 e. The van der Waals surface area contributed by atoms with Gasteiger partial charge in [-0.15, -0.1) is 0 Å². The molecule has 0 atom stereocenters. The van der Waals surface area contributed by atoms with Gasteiger partial charge in [0, 0.05) is 43.0 Å². The van der Waals surface area contributed by atoms with Crippen LogP contribution in [0.2, 0.25) is 0 Å². The molecule has 0 aliphatic carbocycles. The van der Waals surface area contributed by atoms with Crippen molar-refractivity contribution in [1.29, 1.82) is 0 Å². The van der Waals surface area contributed by atoms with E-state index in [0.29, 0.717) is 31.6 Å². The first-order valence-electron chi connectivity index (χ1n) is 9.99. The van der Waals surface area contributed by atoms with E-state index in [2.05, 4.69) is 5.32 Å². The molecule has 152 valence electrons. The topological polar surface area (TPSA) is 52.7 Å². The molecule has 0 spiro atoms. The zero-order valence-electron chi connectivity index (χ0n) is 16.1. The summed E-state index contributed by atoms with van der Waals surface area (Å²) in [6, 6.07) is 8.95. The monoisotopic (exact) mass is 399 g/mol. The minimum absolute atomic E-state index is 0.0314. The molecule has 2 amide bonds. The van der Waals surface area contributed by atoms with Crippen LogP contribution in [0.3, 0.4) is 0 Å². The third-order valence-electron chi connectivity index (χ3n) is 5.46. The van der Waals surface area contributed by atoms with E-state index in [4.69, 9.17) is 0 Å². The lowest BCUT2D eigenvalue weighted by Crippen LogP contribution is -2.35. The molecule has 1 N–H and O–H groups in total. The highest BCUT2D eigenvalue weighted by atomic mass is 19.1. The van der Waals surface area contributed by atoms with Gasteiger partial charge in [-0.3, -0.25) is 9.59 Å². The number of nitrogens with zero attached hydrogens (tertiary/aromatic N) is 2. The molecule has 0 bridgehead atoms. The molecule has 5 nitrogen and oxygen atoms in total. The van der Waals surface area contributed by atoms with Gasteiger partial charge in [0.15, 0.2) is 11.6 Å². The fourth-order valence-electron chi connectivity index (χ4n) is 3.96. The summed E-state index contributed by atoms with van der Waals surface area (Å²) in [6.45, 7) is 1.93. The number of piperidine rings is 1. The molecule has 29 heavy (non-hydrogen) atoms. The molecule has 2 aliphatic heterocycles. The van der Waals surface area contributed by atoms with Crippen LogP contribution in [-0.2, 0) is 4.79 Å². The second-order valence-electron chi connectivity index (χ2n) is 7.49. The van der Waals surface area contributed by atoms with Crippen LogP contribution in [0.5, 0.6) is 0 Å². The molecule has 0 radical (unpaired) electrons. The number of benzene rings is 2. The van der Waals surface area contributed by atoms with Gasteiger partial charge >= 0.3 is 0 Å². The predicted octanol–water partition coefficient (Wildman–Crippen LogP) is 4.33. The highest BCUT2D eigenvalue weighted by Crippen LogP contribution is 2.30. The van der Waals surface area contributed by atoms with Gasteiger partial charge in [-0.1, -0.05) is 0 Å². The molecule has 4 rings (SSSR count). The molecular weight excluding hydrogens is 376 g/mol.